The minimum atomic E-state index is -3.90. The van der Waals surface area contributed by atoms with E-state index in [1.165, 1.54) is 25.1 Å². The van der Waals surface area contributed by atoms with E-state index in [0.29, 0.717) is 18.7 Å². The number of rotatable bonds is 4. The first-order chi connectivity index (χ1) is 12.7. The summed E-state index contributed by atoms with van der Waals surface area (Å²) >= 11 is 0. The van der Waals surface area contributed by atoms with Gasteiger partial charge in [0.25, 0.3) is 10.0 Å². The number of anilines is 3. The first kappa shape index (κ1) is 19.2. The number of carbonyl (C=O) groups is 1. The third-order valence-corrected chi connectivity index (χ3v) is 5.91. The fourth-order valence-corrected chi connectivity index (χ4v) is 4.37. The molecule has 27 heavy (non-hydrogen) atoms. The Morgan fingerprint density at radius 2 is 1.93 bits per heavy atom. The number of amides is 1. The summed E-state index contributed by atoms with van der Waals surface area (Å²) in [5.41, 5.74) is 2.28. The number of hydrogen-bond donors (Lipinski definition) is 1. The van der Waals surface area contributed by atoms with E-state index in [2.05, 4.69) is 4.72 Å². The largest absolute Gasteiger partial charge is 0.376 e. The molecule has 0 saturated heterocycles. The van der Waals surface area contributed by atoms with Gasteiger partial charge in [-0.1, -0.05) is 0 Å². The number of halogens is 1. The lowest BCUT2D eigenvalue weighted by Crippen LogP contribution is -2.33. The topological polar surface area (TPSA) is 69.7 Å². The molecule has 6 nitrogen and oxygen atoms in total. The molecule has 2 aromatic carbocycles. The van der Waals surface area contributed by atoms with Crippen LogP contribution in [0.15, 0.2) is 41.3 Å². The summed E-state index contributed by atoms with van der Waals surface area (Å²) in [6.45, 7) is 2.12. The molecule has 0 saturated carbocycles. The van der Waals surface area contributed by atoms with E-state index >= 15 is 0 Å². The molecule has 0 aliphatic carbocycles. The molecular formula is C19H22FN3O3S. The SMILES string of the molecule is CC(=O)N1CCCc2cc(S(=O)(=O)Nc3cc(F)ccc3N(C)C)ccc21. The molecule has 0 atom stereocenters. The smallest absolute Gasteiger partial charge is 0.261 e. The molecule has 0 bridgehead atoms. The Bertz CT molecular complexity index is 990. The van der Waals surface area contributed by atoms with Crippen molar-refractivity contribution in [2.24, 2.45) is 0 Å². The maximum atomic E-state index is 13.6. The van der Waals surface area contributed by atoms with Crippen LogP contribution in [0.2, 0.25) is 0 Å². The first-order valence-corrected chi connectivity index (χ1v) is 10.1. The maximum Gasteiger partial charge on any atom is 0.261 e. The molecular weight excluding hydrogens is 369 g/mol. The van der Waals surface area contributed by atoms with Crippen LogP contribution in [0.1, 0.15) is 18.9 Å². The predicted octanol–water partition coefficient (Wildman–Crippen LogP) is 2.99. The number of sulfonamides is 1. The van der Waals surface area contributed by atoms with Crippen LogP contribution in [-0.4, -0.2) is 35.0 Å². The van der Waals surface area contributed by atoms with Gasteiger partial charge in [-0.05, 0) is 48.7 Å². The normalized spacial score (nSPS) is 13.9. The molecule has 8 heteroatoms. The van der Waals surface area contributed by atoms with Crippen LogP contribution in [0.4, 0.5) is 21.5 Å². The molecule has 1 amide bonds. The number of nitrogens with one attached hydrogen (secondary N) is 1. The highest BCUT2D eigenvalue weighted by Crippen LogP contribution is 2.32. The molecule has 0 fully saturated rings. The summed E-state index contributed by atoms with van der Waals surface area (Å²) in [4.78, 5) is 15.2. The summed E-state index contributed by atoms with van der Waals surface area (Å²) in [7, 11) is -0.404. The van der Waals surface area contributed by atoms with Crippen LogP contribution in [0.5, 0.6) is 0 Å². The van der Waals surface area contributed by atoms with Crippen LogP contribution >= 0.6 is 0 Å². The van der Waals surface area contributed by atoms with E-state index in [1.54, 1.807) is 36.0 Å². The van der Waals surface area contributed by atoms with Crippen LogP contribution in [0.25, 0.3) is 0 Å². The molecule has 0 aromatic heterocycles. The summed E-state index contributed by atoms with van der Waals surface area (Å²) < 4.78 is 41.8. The molecule has 1 heterocycles. The monoisotopic (exact) mass is 391 g/mol. The molecule has 1 N–H and O–H groups in total. The van der Waals surface area contributed by atoms with Crippen molar-refractivity contribution < 1.29 is 17.6 Å². The third kappa shape index (κ3) is 3.90. The first-order valence-electron chi connectivity index (χ1n) is 8.60. The lowest BCUT2D eigenvalue weighted by atomic mass is 10.0. The summed E-state index contributed by atoms with van der Waals surface area (Å²) in [5.74, 6) is -0.596. The number of carbonyl (C=O) groups excluding carboxylic acids is 1. The van der Waals surface area contributed by atoms with Gasteiger partial charge in [0.2, 0.25) is 5.91 Å². The molecule has 144 valence electrons. The summed E-state index contributed by atoms with van der Waals surface area (Å²) in [6, 6.07) is 8.66. The van der Waals surface area contributed by atoms with Gasteiger partial charge < -0.3 is 9.80 Å². The van der Waals surface area contributed by atoms with Crippen LogP contribution < -0.4 is 14.5 Å². The lowest BCUT2D eigenvalue weighted by molar-refractivity contribution is -0.116. The summed E-state index contributed by atoms with van der Waals surface area (Å²) in [5, 5.41) is 0. The Morgan fingerprint density at radius 1 is 1.19 bits per heavy atom. The fourth-order valence-electron chi connectivity index (χ4n) is 3.25. The minimum absolute atomic E-state index is 0.0694. The van der Waals surface area contributed by atoms with E-state index in [4.69, 9.17) is 0 Å². The second-order valence-corrected chi connectivity index (χ2v) is 8.41. The van der Waals surface area contributed by atoms with Crippen LogP contribution in [0, 0.1) is 5.82 Å². The van der Waals surface area contributed by atoms with E-state index in [-0.39, 0.29) is 16.5 Å². The van der Waals surface area contributed by atoms with Gasteiger partial charge in [0.05, 0.1) is 16.3 Å². The number of fused-ring (bicyclic) bond motifs is 1. The quantitative estimate of drug-likeness (QED) is 0.870. The Kier molecular flexibility index (Phi) is 5.10. The average molecular weight is 391 g/mol. The molecule has 0 spiro atoms. The second kappa shape index (κ2) is 7.19. The van der Waals surface area contributed by atoms with Gasteiger partial charge in [-0.2, -0.15) is 0 Å². The van der Waals surface area contributed by atoms with Gasteiger partial charge >= 0.3 is 0 Å². The molecule has 1 aliphatic rings. The van der Waals surface area contributed by atoms with E-state index in [0.717, 1.165) is 23.7 Å². The van der Waals surface area contributed by atoms with Gasteiger partial charge in [0, 0.05) is 39.3 Å². The van der Waals surface area contributed by atoms with E-state index in [9.17, 15) is 17.6 Å². The zero-order valence-corrected chi connectivity index (χ0v) is 16.3. The van der Waals surface area contributed by atoms with Gasteiger partial charge in [-0.3, -0.25) is 9.52 Å². The molecule has 1 aliphatic heterocycles. The van der Waals surface area contributed by atoms with Crippen molar-refractivity contribution in [1.82, 2.24) is 0 Å². The van der Waals surface area contributed by atoms with Gasteiger partial charge in [-0.15, -0.1) is 0 Å². The van der Waals surface area contributed by atoms with E-state index < -0.39 is 15.8 Å². The van der Waals surface area contributed by atoms with Crippen molar-refractivity contribution in [2.45, 2.75) is 24.7 Å². The average Bonchev–Trinajstić information content (AvgIpc) is 2.60. The van der Waals surface area contributed by atoms with Gasteiger partial charge in [0.15, 0.2) is 0 Å². The molecule has 2 aromatic rings. The lowest BCUT2D eigenvalue weighted by Gasteiger charge is -2.29. The zero-order chi connectivity index (χ0) is 19.8. The number of nitrogens with zero attached hydrogens (tertiary/aromatic N) is 2. The molecule has 0 radical (unpaired) electrons. The Hall–Kier alpha value is -2.61. The molecule has 0 unspecified atom stereocenters. The molecule has 3 rings (SSSR count). The highest BCUT2D eigenvalue weighted by Gasteiger charge is 2.24. The predicted molar refractivity (Wildman–Crippen MR) is 104 cm³/mol. The van der Waals surface area contributed by atoms with Crippen molar-refractivity contribution in [3.63, 3.8) is 0 Å². The highest BCUT2D eigenvalue weighted by atomic mass is 32.2. The fraction of sp³-hybridized carbons (Fsp3) is 0.316. The second-order valence-electron chi connectivity index (χ2n) is 6.73. The van der Waals surface area contributed by atoms with Crippen molar-refractivity contribution >= 4 is 33.0 Å². The number of hydrogen-bond acceptors (Lipinski definition) is 4. The zero-order valence-electron chi connectivity index (χ0n) is 15.5. The number of benzene rings is 2. The Balaban J connectivity index is 1.97. The highest BCUT2D eigenvalue weighted by molar-refractivity contribution is 7.92. The standard InChI is InChI=1S/C19H22FN3O3S/c1-13(24)23-10-4-5-14-11-16(7-9-18(14)23)27(25,26)21-17-12-15(20)6-8-19(17)22(2)3/h6-9,11-12,21H,4-5,10H2,1-3H3. The van der Waals surface area contributed by atoms with Gasteiger partial charge in [-0.25, -0.2) is 12.8 Å². The third-order valence-electron chi connectivity index (χ3n) is 4.54. The Morgan fingerprint density at radius 3 is 2.59 bits per heavy atom. The number of aryl methyl sites for hydroxylation is 1. The van der Waals surface area contributed by atoms with Crippen molar-refractivity contribution in [3.8, 4) is 0 Å². The maximum absolute atomic E-state index is 13.6. The van der Waals surface area contributed by atoms with E-state index in [1.807, 2.05) is 0 Å². The van der Waals surface area contributed by atoms with Crippen molar-refractivity contribution in [3.05, 3.63) is 47.8 Å². The minimum Gasteiger partial charge on any atom is -0.376 e. The Labute approximate surface area is 158 Å². The van der Waals surface area contributed by atoms with Crippen molar-refractivity contribution in [2.75, 3.05) is 35.2 Å². The van der Waals surface area contributed by atoms with Crippen molar-refractivity contribution in [1.29, 1.82) is 0 Å². The summed E-state index contributed by atoms with van der Waals surface area (Å²) in [6.07, 6.45) is 1.48. The van der Waals surface area contributed by atoms with Crippen LogP contribution in [-0.2, 0) is 21.2 Å². The van der Waals surface area contributed by atoms with Gasteiger partial charge in [0.1, 0.15) is 5.82 Å². The van der Waals surface area contributed by atoms with Crippen LogP contribution in [0.3, 0.4) is 0 Å².